The van der Waals surface area contributed by atoms with Crippen molar-refractivity contribution in [2.75, 3.05) is 27.2 Å². The molecular formula is C40H81NO4Si. The Balaban J connectivity index is 4.43. The third-order valence-electron chi connectivity index (χ3n) is 9.72. The Labute approximate surface area is 289 Å². The van der Waals surface area contributed by atoms with Crippen molar-refractivity contribution < 1.29 is 18.7 Å². The van der Waals surface area contributed by atoms with Crippen molar-refractivity contribution in [2.45, 2.75) is 213 Å². The second kappa shape index (κ2) is 29.1. The van der Waals surface area contributed by atoms with E-state index in [0.29, 0.717) is 12.7 Å². The maximum atomic E-state index is 12.4. The lowest BCUT2D eigenvalue weighted by Crippen LogP contribution is -2.43. The lowest BCUT2D eigenvalue weighted by molar-refractivity contribution is 0.0150. The Hall–Kier alpha value is -0.853. The van der Waals surface area contributed by atoms with Gasteiger partial charge in [0.15, 0.2) is 8.32 Å². The molecule has 0 saturated carbocycles. The fraction of sp³-hybridized carbons (Fsp3) is 0.925. The van der Waals surface area contributed by atoms with Crippen LogP contribution < -0.4 is 0 Å². The molecule has 0 radical (unpaired) electrons. The first-order valence-electron chi connectivity index (χ1n) is 19.7. The first kappa shape index (κ1) is 45.1. The predicted molar refractivity (Wildman–Crippen MR) is 204 cm³/mol. The summed E-state index contributed by atoms with van der Waals surface area (Å²) in [5.74, 6) is 0. The van der Waals surface area contributed by atoms with Gasteiger partial charge in [0.25, 0.3) is 0 Å². The van der Waals surface area contributed by atoms with Crippen LogP contribution in [-0.2, 0) is 13.9 Å². The van der Waals surface area contributed by atoms with Crippen molar-refractivity contribution in [3.63, 3.8) is 0 Å². The highest BCUT2D eigenvalue weighted by atomic mass is 28.4. The number of rotatable bonds is 31. The summed E-state index contributed by atoms with van der Waals surface area (Å²) in [5.41, 5.74) is 0. The Morgan fingerprint density at radius 2 is 1.15 bits per heavy atom. The quantitative estimate of drug-likeness (QED) is 0.0319. The monoisotopic (exact) mass is 668 g/mol. The number of allylic oxidation sites excluding steroid dienone is 1. The molecule has 274 valence electrons. The number of ether oxygens (including phenoxy) is 2. The fourth-order valence-electron chi connectivity index (χ4n) is 5.62. The first-order valence-corrected chi connectivity index (χ1v) is 22.6. The molecule has 0 heterocycles. The standard InChI is InChI=1S/C40H81NO4Si/c1-10-12-14-16-17-20-23-27-31-37(44-39(42)43-36-30-35-41(6)7)32-28-24-21-18-19-22-25-29-34-38(33-26-15-13-11-2)45-46(8,9)40(3,4)5/h25,29,37-38H,10-24,26-28,30-36H2,1-9H3/b29-25-. The van der Waals surface area contributed by atoms with E-state index in [1.807, 2.05) is 14.1 Å². The highest BCUT2D eigenvalue weighted by Gasteiger charge is 2.38. The van der Waals surface area contributed by atoms with E-state index in [4.69, 9.17) is 13.9 Å². The van der Waals surface area contributed by atoms with Crippen molar-refractivity contribution in [3.05, 3.63) is 12.2 Å². The molecule has 0 spiro atoms. The van der Waals surface area contributed by atoms with Crippen LogP contribution in [0.15, 0.2) is 12.2 Å². The van der Waals surface area contributed by atoms with Gasteiger partial charge in [-0.05, 0) is 90.0 Å². The molecule has 0 aromatic rings. The molecule has 2 atom stereocenters. The van der Waals surface area contributed by atoms with Gasteiger partial charge in [0, 0.05) is 12.6 Å². The number of hydrogen-bond donors (Lipinski definition) is 0. The first-order chi connectivity index (χ1) is 21.9. The van der Waals surface area contributed by atoms with Crippen LogP contribution >= 0.6 is 0 Å². The summed E-state index contributed by atoms with van der Waals surface area (Å²) >= 11 is 0. The van der Waals surface area contributed by atoms with Crippen LogP contribution in [0.5, 0.6) is 0 Å². The van der Waals surface area contributed by atoms with Gasteiger partial charge in [0.2, 0.25) is 0 Å². The number of nitrogens with zero attached hydrogens (tertiary/aromatic N) is 1. The van der Waals surface area contributed by atoms with E-state index in [0.717, 1.165) is 51.5 Å². The van der Waals surface area contributed by atoms with E-state index in [9.17, 15) is 4.79 Å². The van der Waals surface area contributed by atoms with Gasteiger partial charge in [-0.1, -0.05) is 137 Å². The zero-order valence-electron chi connectivity index (χ0n) is 32.6. The second-order valence-corrected chi connectivity index (χ2v) is 20.4. The lowest BCUT2D eigenvalue weighted by atomic mass is 10.0. The third-order valence-corrected chi connectivity index (χ3v) is 14.3. The highest BCUT2D eigenvalue weighted by Crippen LogP contribution is 2.38. The molecule has 0 saturated heterocycles. The van der Waals surface area contributed by atoms with Gasteiger partial charge in [0.1, 0.15) is 6.10 Å². The topological polar surface area (TPSA) is 48.0 Å². The Kier molecular flexibility index (Phi) is 28.6. The lowest BCUT2D eigenvalue weighted by Gasteiger charge is -2.39. The molecule has 0 aliphatic heterocycles. The minimum absolute atomic E-state index is 0.00664. The summed E-state index contributed by atoms with van der Waals surface area (Å²) in [6, 6.07) is 0. The summed E-state index contributed by atoms with van der Waals surface area (Å²) in [7, 11) is 2.32. The van der Waals surface area contributed by atoms with Crippen molar-refractivity contribution in [2.24, 2.45) is 0 Å². The van der Waals surface area contributed by atoms with E-state index < -0.39 is 14.5 Å². The van der Waals surface area contributed by atoms with E-state index in [1.165, 1.54) is 103 Å². The predicted octanol–water partition coefficient (Wildman–Crippen LogP) is 13.0. The summed E-state index contributed by atoms with van der Waals surface area (Å²) in [6.45, 7) is 17.7. The molecule has 2 unspecified atom stereocenters. The van der Waals surface area contributed by atoms with Crippen LogP contribution in [0.2, 0.25) is 18.1 Å². The van der Waals surface area contributed by atoms with E-state index in [2.05, 4.69) is 64.8 Å². The van der Waals surface area contributed by atoms with Crippen molar-refractivity contribution in [1.82, 2.24) is 4.90 Å². The van der Waals surface area contributed by atoms with Crippen LogP contribution in [0.3, 0.4) is 0 Å². The van der Waals surface area contributed by atoms with Gasteiger partial charge < -0.3 is 18.8 Å². The number of carbonyl (C=O) groups excluding carboxylic acids is 1. The summed E-state index contributed by atoms with van der Waals surface area (Å²) in [6.07, 6.45) is 32.5. The van der Waals surface area contributed by atoms with E-state index in [-0.39, 0.29) is 11.1 Å². The molecule has 0 bridgehead atoms. The van der Waals surface area contributed by atoms with Crippen LogP contribution in [-0.4, -0.2) is 58.8 Å². The largest absolute Gasteiger partial charge is 0.508 e. The maximum absolute atomic E-state index is 12.4. The smallest absolute Gasteiger partial charge is 0.434 e. The fourth-order valence-corrected chi connectivity index (χ4v) is 7.02. The van der Waals surface area contributed by atoms with Gasteiger partial charge in [-0.25, -0.2) is 4.79 Å². The molecule has 0 N–H and O–H groups in total. The molecule has 6 heteroatoms. The molecule has 5 nitrogen and oxygen atoms in total. The molecule has 0 aromatic carbocycles. The highest BCUT2D eigenvalue weighted by molar-refractivity contribution is 6.74. The SMILES string of the molecule is CCCCCCCCCCC(CCCCCCC/C=C\CC(CCCCCC)O[Si](C)(C)C(C)(C)C)OC(=O)OCCCN(C)C. The normalized spacial score (nSPS) is 13.9. The maximum Gasteiger partial charge on any atom is 0.508 e. The summed E-state index contributed by atoms with van der Waals surface area (Å²) in [4.78, 5) is 14.5. The van der Waals surface area contributed by atoms with Crippen molar-refractivity contribution in [3.8, 4) is 0 Å². The van der Waals surface area contributed by atoms with Gasteiger partial charge in [-0.15, -0.1) is 0 Å². The van der Waals surface area contributed by atoms with Crippen LogP contribution in [0.4, 0.5) is 4.79 Å². The Morgan fingerprint density at radius 1 is 0.674 bits per heavy atom. The minimum Gasteiger partial charge on any atom is -0.434 e. The molecule has 0 aromatic heterocycles. The second-order valence-electron chi connectivity index (χ2n) is 15.7. The third kappa shape index (κ3) is 27.1. The molecule has 46 heavy (non-hydrogen) atoms. The zero-order valence-corrected chi connectivity index (χ0v) is 33.6. The van der Waals surface area contributed by atoms with Crippen LogP contribution in [0.1, 0.15) is 182 Å². The Morgan fingerprint density at radius 3 is 1.67 bits per heavy atom. The number of unbranched alkanes of at least 4 members (excludes halogenated alkanes) is 15. The number of hydrogen-bond acceptors (Lipinski definition) is 5. The van der Waals surface area contributed by atoms with E-state index >= 15 is 0 Å². The Bertz CT molecular complexity index is 719. The van der Waals surface area contributed by atoms with Crippen molar-refractivity contribution in [1.29, 1.82) is 0 Å². The minimum atomic E-state index is -1.75. The van der Waals surface area contributed by atoms with Crippen molar-refractivity contribution >= 4 is 14.5 Å². The molecule has 0 amide bonds. The van der Waals surface area contributed by atoms with Gasteiger partial charge in [-0.2, -0.15) is 0 Å². The van der Waals surface area contributed by atoms with Crippen LogP contribution in [0.25, 0.3) is 0 Å². The average molecular weight is 668 g/mol. The summed E-state index contributed by atoms with van der Waals surface area (Å²) < 4.78 is 18.0. The van der Waals surface area contributed by atoms with Crippen LogP contribution in [0, 0.1) is 0 Å². The van der Waals surface area contributed by atoms with Gasteiger partial charge in [0.05, 0.1) is 6.61 Å². The molecular weight excluding hydrogens is 587 g/mol. The molecule has 0 aliphatic rings. The van der Waals surface area contributed by atoms with Gasteiger partial charge in [-0.3, -0.25) is 0 Å². The summed E-state index contributed by atoms with van der Waals surface area (Å²) in [5, 5.41) is 0.257. The molecule has 0 aliphatic carbocycles. The molecule has 0 rings (SSSR count). The number of carbonyl (C=O) groups is 1. The average Bonchev–Trinajstić information content (AvgIpc) is 2.98. The zero-order chi connectivity index (χ0) is 34.5. The molecule has 0 fully saturated rings. The van der Waals surface area contributed by atoms with E-state index in [1.54, 1.807) is 0 Å². The van der Waals surface area contributed by atoms with Gasteiger partial charge >= 0.3 is 6.16 Å².